The molecule has 0 fully saturated rings. The number of rotatable bonds is 0. The Morgan fingerprint density at radius 1 is 1.00 bits per heavy atom. The van der Waals surface area contributed by atoms with Gasteiger partial charge in [-0.1, -0.05) is 0 Å². The molecule has 1 aliphatic rings. The van der Waals surface area contributed by atoms with Crippen LogP contribution in [0.1, 0.15) is 5.56 Å². The van der Waals surface area contributed by atoms with E-state index in [4.69, 9.17) is 0 Å². The van der Waals surface area contributed by atoms with E-state index in [1.165, 1.54) is 5.56 Å². The Balaban J connectivity index is 2.73. The summed E-state index contributed by atoms with van der Waals surface area (Å²) in [5.41, 5.74) is 1.42. The third-order valence-corrected chi connectivity index (χ3v) is 5.90. The first-order valence-corrected chi connectivity index (χ1v) is 7.92. The molecule has 0 aliphatic carbocycles. The predicted molar refractivity (Wildman–Crippen MR) is 59.8 cm³/mol. The summed E-state index contributed by atoms with van der Waals surface area (Å²) in [4.78, 5) is 0. The summed E-state index contributed by atoms with van der Waals surface area (Å²) in [6.07, 6.45) is 2.27. The standard InChI is InChI=1S/C11H15P/c1-12(2,3)9-8-10-6-4-5-7-11(10)12/h4-9H,1-3H3. The van der Waals surface area contributed by atoms with Gasteiger partial charge in [0.1, 0.15) is 0 Å². The van der Waals surface area contributed by atoms with Crippen LogP contribution in [0.25, 0.3) is 6.08 Å². The van der Waals surface area contributed by atoms with Crippen molar-refractivity contribution in [1.82, 2.24) is 0 Å². The van der Waals surface area contributed by atoms with Crippen molar-refractivity contribution in [3.05, 3.63) is 35.6 Å². The monoisotopic (exact) mass is 178 g/mol. The number of benzene rings is 1. The van der Waals surface area contributed by atoms with Crippen LogP contribution in [-0.2, 0) is 0 Å². The first-order chi connectivity index (χ1) is 5.47. The second-order valence-corrected chi connectivity index (χ2v) is 11.4. The van der Waals surface area contributed by atoms with Gasteiger partial charge < -0.3 is 0 Å². The molecule has 1 heterocycles. The fourth-order valence-corrected chi connectivity index (χ4v) is 4.31. The summed E-state index contributed by atoms with van der Waals surface area (Å²) in [6.45, 7) is 5.59. The van der Waals surface area contributed by atoms with Crippen LogP contribution in [0.3, 0.4) is 0 Å². The van der Waals surface area contributed by atoms with E-state index in [2.05, 4.69) is 56.2 Å². The molecule has 0 amide bonds. The van der Waals surface area contributed by atoms with Crippen molar-refractivity contribution < 1.29 is 0 Å². The molecule has 0 bridgehead atoms. The molecule has 12 heavy (non-hydrogen) atoms. The Morgan fingerprint density at radius 3 is 2.33 bits per heavy atom. The Labute approximate surface area is 74.2 Å². The summed E-state index contributed by atoms with van der Waals surface area (Å²) in [7, 11) is 0. The number of hydrogen-bond donors (Lipinski definition) is 0. The van der Waals surface area contributed by atoms with Crippen LogP contribution in [0.4, 0.5) is 0 Å². The van der Waals surface area contributed by atoms with Gasteiger partial charge in [-0.15, -0.1) is 0 Å². The second kappa shape index (κ2) is 2.00. The van der Waals surface area contributed by atoms with E-state index in [0.717, 1.165) is 0 Å². The average Bonchev–Trinajstić information content (AvgIpc) is 2.25. The molecule has 1 aromatic carbocycles. The van der Waals surface area contributed by atoms with Gasteiger partial charge in [0, 0.05) is 0 Å². The average molecular weight is 178 g/mol. The minimum atomic E-state index is -1.61. The van der Waals surface area contributed by atoms with Crippen molar-refractivity contribution in [2.24, 2.45) is 0 Å². The van der Waals surface area contributed by atoms with Gasteiger partial charge in [-0.2, -0.15) is 0 Å². The zero-order valence-electron chi connectivity index (χ0n) is 7.91. The van der Waals surface area contributed by atoms with Crippen molar-refractivity contribution in [3.8, 4) is 0 Å². The van der Waals surface area contributed by atoms with Crippen LogP contribution in [0.15, 0.2) is 30.1 Å². The molecule has 0 spiro atoms. The fraction of sp³-hybridized carbons (Fsp3) is 0.273. The van der Waals surface area contributed by atoms with Crippen LogP contribution in [0, 0.1) is 0 Å². The van der Waals surface area contributed by atoms with E-state index in [1.54, 1.807) is 5.30 Å². The Kier molecular flexibility index (Phi) is 1.34. The van der Waals surface area contributed by atoms with Crippen LogP contribution in [-0.4, -0.2) is 20.0 Å². The summed E-state index contributed by atoms with van der Waals surface area (Å²) in [6, 6.07) is 8.73. The predicted octanol–water partition coefficient (Wildman–Crippen LogP) is 2.74. The third-order valence-electron chi connectivity index (χ3n) is 2.57. The Morgan fingerprint density at radius 2 is 1.67 bits per heavy atom. The molecule has 64 valence electrons. The molecule has 1 aliphatic heterocycles. The maximum atomic E-state index is 2.41. The number of fused-ring (bicyclic) bond motifs is 1. The Bertz CT molecular complexity index is 353. The van der Waals surface area contributed by atoms with Crippen LogP contribution < -0.4 is 5.30 Å². The van der Waals surface area contributed by atoms with Crippen molar-refractivity contribution in [3.63, 3.8) is 0 Å². The van der Waals surface area contributed by atoms with E-state index in [-0.39, 0.29) is 0 Å². The maximum absolute atomic E-state index is 2.41. The first-order valence-electron chi connectivity index (χ1n) is 4.27. The summed E-state index contributed by atoms with van der Waals surface area (Å²) < 4.78 is 0. The molecule has 0 nitrogen and oxygen atoms in total. The van der Waals surface area contributed by atoms with E-state index in [9.17, 15) is 0 Å². The normalized spacial score (nSPS) is 25.8. The van der Waals surface area contributed by atoms with Crippen molar-refractivity contribution in [2.45, 2.75) is 0 Å². The van der Waals surface area contributed by atoms with Gasteiger partial charge >= 0.3 is 73.6 Å². The number of hydrogen-bond acceptors (Lipinski definition) is 0. The van der Waals surface area contributed by atoms with Crippen LogP contribution in [0.5, 0.6) is 0 Å². The third kappa shape index (κ3) is 1.03. The summed E-state index contributed by atoms with van der Waals surface area (Å²) in [5.74, 6) is 2.41. The van der Waals surface area contributed by atoms with E-state index < -0.39 is 6.60 Å². The van der Waals surface area contributed by atoms with Gasteiger partial charge in [-0.05, 0) is 0 Å². The van der Waals surface area contributed by atoms with Gasteiger partial charge in [-0.25, -0.2) is 0 Å². The van der Waals surface area contributed by atoms with Gasteiger partial charge in [-0.3, -0.25) is 0 Å². The zero-order chi connectivity index (χ0) is 8.84. The molecule has 0 unspecified atom stereocenters. The Hall–Kier alpha value is -0.610. The molecular weight excluding hydrogens is 163 g/mol. The van der Waals surface area contributed by atoms with Crippen molar-refractivity contribution in [2.75, 3.05) is 20.0 Å². The molecule has 2 rings (SSSR count). The van der Waals surface area contributed by atoms with E-state index in [1.807, 2.05) is 0 Å². The molecular formula is C11H15P. The molecule has 0 saturated heterocycles. The van der Waals surface area contributed by atoms with E-state index >= 15 is 0 Å². The molecule has 0 atom stereocenters. The molecule has 1 heteroatoms. The molecule has 0 N–H and O–H groups in total. The van der Waals surface area contributed by atoms with Gasteiger partial charge in [0.15, 0.2) is 0 Å². The second-order valence-electron chi connectivity index (χ2n) is 4.79. The van der Waals surface area contributed by atoms with Crippen LogP contribution >= 0.6 is 6.60 Å². The van der Waals surface area contributed by atoms with Crippen LogP contribution in [0.2, 0.25) is 0 Å². The van der Waals surface area contributed by atoms with Gasteiger partial charge in [0.25, 0.3) is 0 Å². The minimum absolute atomic E-state index is 1.42. The van der Waals surface area contributed by atoms with Crippen molar-refractivity contribution >= 4 is 18.0 Å². The van der Waals surface area contributed by atoms with Crippen molar-refractivity contribution in [1.29, 1.82) is 0 Å². The molecule has 1 aromatic rings. The van der Waals surface area contributed by atoms with E-state index in [0.29, 0.717) is 0 Å². The molecule has 0 saturated carbocycles. The summed E-state index contributed by atoms with van der Waals surface area (Å²) >= 11 is 0. The summed E-state index contributed by atoms with van der Waals surface area (Å²) in [5, 5.41) is 1.56. The molecule has 0 radical (unpaired) electrons. The SMILES string of the molecule is CP1(C)(C)C=Cc2ccccc21. The fourth-order valence-electron chi connectivity index (χ4n) is 1.78. The van der Waals surface area contributed by atoms with Gasteiger partial charge in [0.05, 0.1) is 0 Å². The quantitative estimate of drug-likeness (QED) is 0.536. The van der Waals surface area contributed by atoms with Gasteiger partial charge in [0.2, 0.25) is 0 Å². The molecule has 0 aromatic heterocycles. The first kappa shape index (κ1) is 8.01. The zero-order valence-corrected chi connectivity index (χ0v) is 8.81. The topological polar surface area (TPSA) is 0 Å².